The number of amides is 2. The van der Waals surface area contributed by atoms with E-state index in [9.17, 15) is 4.79 Å². The lowest BCUT2D eigenvalue weighted by Crippen LogP contribution is -2.32. The summed E-state index contributed by atoms with van der Waals surface area (Å²) < 4.78 is 10.7. The van der Waals surface area contributed by atoms with Crippen LogP contribution in [0.4, 0.5) is 10.5 Å². The van der Waals surface area contributed by atoms with Crippen LogP contribution in [0.3, 0.4) is 0 Å². The molecule has 23 heavy (non-hydrogen) atoms. The van der Waals surface area contributed by atoms with Crippen LogP contribution in [0.2, 0.25) is 10.0 Å². The van der Waals surface area contributed by atoms with Crippen LogP contribution in [-0.4, -0.2) is 26.3 Å². The smallest absolute Gasteiger partial charge is 0.319 e. The van der Waals surface area contributed by atoms with Gasteiger partial charge in [-0.1, -0.05) is 41.4 Å². The van der Waals surface area contributed by atoms with Crippen LogP contribution in [0.15, 0.2) is 42.5 Å². The van der Waals surface area contributed by atoms with Crippen molar-refractivity contribution in [3.05, 3.63) is 52.5 Å². The van der Waals surface area contributed by atoms with Gasteiger partial charge >= 0.3 is 6.03 Å². The summed E-state index contributed by atoms with van der Waals surface area (Å²) >= 11 is 12.0. The van der Waals surface area contributed by atoms with Gasteiger partial charge in [0.1, 0.15) is 6.61 Å². The summed E-state index contributed by atoms with van der Waals surface area (Å²) in [4.78, 5) is 11.8. The first-order valence-electron chi connectivity index (χ1n) is 6.86. The minimum absolute atomic E-state index is 0.296. The number of hydrogen-bond acceptors (Lipinski definition) is 3. The molecule has 0 aliphatic rings. The first-order chi connectivity index (χ1) is 11.1. The van der Waals surface area contributed by atoms with Crippen molar-refractivity contribution in [2.24, 2.45) is 0 Å². The van der Waals surface area contributed by atoms with Gasteiger partial charge in [0.15, 0.2) is 11.5 Å². The van der Waals surface area contributed by atoms with Crippen molar-refractivity contribution in [2.75, 3.05) is 25.6 Å². The molecule has 0 saturated heterocycles. The highest BCUT2D eigenvalue weighted by Gasteiger charge is 2.09. The van der Waals surface area contributed by atoms with E-state index in [0.717, 1.165) is 0 Å². The Bertz CT molecular complexity index is 660. The van der Waals surface area contributed by atoms with E-state index < -0.39 is 6.03 Å². The second-order valence-electron chi connectivity index (χ2n) is 4.48. The fraction of sp³-hybridized carbons (Fsp3) is 0.188. The second kappa shape index (κ2) is 8.50. The summed E-state index contributed by atoms with van der Waals surface area (Å²) in [7, 11) is 1.57. The Morgan fingerprint density at radius 3 is 2.35 bits per heavy atom. The molecule has 0 atom stereocenters. The molecule has 5 nitrogen and oxygen atoms in total. The molecule has 0 unspecified atom stereocenters. The summed E-state index contributed by atoms with van der Waals surface area (Å²) in [6.45, 7) is 0.607. The lowest BCUT2D eigenvalue weighted by atomic mass is 10.3. The maximum absolute atomic E-state index is 11.8. The summed E-state index contributed by atoms with van der Waals surface area (Å²) in [5.41, 5.74) is 0.374. The fourth-order valence-electron chi connectivity index (χ4n) is 1.84. The van der Waals surface area contributed by atoms with Gasteiger partial charge in [-0.3, -0.25) is 0 Å². The van der Waals surface area contributed by atoms with Gasteiger partial charge in [0.25, 0.3) is 0 Å². The molecule has 0 saturated carbocycles. The average Bonchev–Trinajstić information content (AvgIpc) is 2.55. The summed E-state index contributed by atoms with van der Waals surface area (Å²) in [5, 5.41) is 6.01. The van der Waals surface area contributed by atoms with Crippen molar-refractivity contribution in [3.63, 3.8) is 0 Å². The molecule has 2 rings (SSSR count). The van der Waals surface area contributed by atoms with Crippen molar-refractivity contribution in [2.45, 2.75) is 0 Å². The molecule has 2 amide bonds. The van der Waals surface area contributed by atoms with Crippen LogP contribution in [0.25, 0.3) is 0 Å². The molecule has 122 valence electrons. The lowest BCUT2D eigenvalue weighted by molar-refractivity contribution is 0.246. The van der Waals surface area contributed by atoms with E-state index in [2.05, 4.69) is 10.6 Å². The van der Waals surface area contributed by atoms with Crippen LogP contribution in [0.1, 0.15) is 0 Å². The number of rotatable bonds is 6. The quantitative estimate of drug-likeness (QED) is 0.764. The summed E-state index contributed by atoms with van der Waals surface area (Å²) in [5.74, 6) is 1.26. The van der Waals surface area contributed by atoms with Crippen LogP contribution in [0, 0.1) is 0 Å². The lowest BCUT2D eigenvalue weighted by Gasteiger charge is -2.12. The van der Waals surface area contributed by atoms with Crippen molar-refractivity contribution in [1.29, 1.82) is 0 Å². The molecule has 7 heteroatoms. The number of hydrogen-bond donors (Lipinski definition) is 2. The van der Waals surface area contributed by atoms with Crippen LogP contribution >= 0.6 is 23.2 Å². The van der Waals surface area contributed by atoms with E-state index in [1.165, 1.54) is 0 Å². The second-order valence-corrected chi connectivity index (χ2v) is 5.29. The first kappa shape index (κ1) is 17.2. The molecule has 0 bridgehead atoms. The molecule has 0 fully saturated rings. The van der Waals surface area contributed by atoms with Gasteiger partial charge < -0.3 is 20.1 Å². The van der Waals surface area contributed by atoms with Crippen molar-refractivity contribution in [3.8, 4) is 11.5 Å². The maximum atomic E-state index is 11.8. The number of nitrogens with one attached hydrogen (secondary N) is 2. The highest BCUT2D eigenvalue weighted by atomic mass is 35.5. The highest BCUT2D eigenvalue weighted by molar-refractivity contribution is 6.39. The Kier molecular flexibility index (Phi) is 6.38. The normalized spacial score (nSPS) is 10.0. The zero-order valence-electron chi connectivity index (χ0n) is 12.4. The molecule has 0 aromatic heterocycles. The molecule has 0 spiro atoms. The molecular weight excluding hydrogens is 339 g/mol. The molecule has 0 aliphatic heterocycles. The van der Waals surface area contributed by atoms with Gasteiger partial charge in [-0.25, -0.2) is 4.79 Å². The molecule has 0 radical (unpaired) electrons. The number of anilines is 1. The third kappa shape index (κ3) is 4.94. The number of benzene rings is 2. The van der Waals surface area contributed by atoms with Crippen molar-refractivity contribution in [1.82, 2.24) is 5.32 Å². The first-order valence-corrected chi connectivity index (χ1v) is 7.62. The molecule has 2 aromatic rings. The predicted molar refractivity (Wildman–Crippen MR) is 92.0 cm³/mol. The van der Waals surface area contributed by atoms with Crippen LogP contribution in [0.5, 0.6) is 11.5 Å². The van der Waals surface area contributed by atoms with Crippen LogP contribution in [-0.2, 0) is 0 Å². The largest absolute Gasteiger partial charge is 0.493 e. The van der Waals surface area contributed by atoms with E-state index in [4.69, 9.17) is 32.7 Å². The van der Waals surface area contributed by atoms with Gasteiger partial charge in [-0.2, -0.15) is 0 Å². The monoisotopic (exact) mass is 354 g/mol. The Balaban J connectivity index is 1.79. The van der Waals surface area contributed by atoms with Gasteiger partial charge in [0, 0.05) is 0 Å². The van der Waals surface area contributed by atoms with E-state index in [0.29, 0.717) is 40.4 Å². The third-order valence-corrected chi connectivity index (χ3v) is 3.55. The Hall–Kier alpha value is -2.11. The SMILES string of the molecule is COc1ccccc1OCCNC(=O)Nc1c(Cl)cccc1Cl. The van der Waals surface area contributed by atoms with Crippen molar-refractivity contribution < 1.29 is 14.3 Å². The third-order valence-electron chi connectivity index (χ3n) is 2.92. The Morgan fingerprint density at radius 1 is 1.04 bits per heavy atom. The maximum Gasteiger partial charge on any atom is 0.319 e. The Morgan fingerprint density at radius 2 is 1.70 bits per heavy atom. The number of para-hydroxylation sites is 3. The van der Waals surface area contributed by atoms with E-state index in [-0.39, 0.29) is 0 Å². The minimum Gasteiger partial charge on any atom is -0.493 e. The topological polar surface area (TPSA) is 59.6 Å². The zero-order valence-corrected chi connectivity index (χ0v) is 13.9. The van der Waals surface area contributed by atoms with Gasteiger partial charge in [-0.15, -0.1) is 0 Å². The summed E-state index contributed by atoms with van der Waals surface area (Å²) in [6.07, 6.45) is 0. The van der Waals surface area contributed by atoms with E-state index in [1.54, 1.807) is 37.4 Å². The summed E-state index contributed by atoms with van der Waals surface area (Å²) in [6, 6.07) is 11.9. The number of halogens is 2. The van der Waals surface area contributed by atoms with Gasteiger partial charge in [0.2, 0.25) is 0 Å². The van der Waals surface area contributed by atoms with Gasteiger partial charge in [-0.05, 0) is 24.3 Å². The number of methoxy groups -OCH3 is 1. The average molecular weight is 355 g/mol. The number of carbonyl (C=O) groups excluding carboxylic acids is 1. The fourth-order valence-corrected chi connectivity index (χ4v) is 2.33. The van der Waals surface area contributed by atoms with Crippen LogP contribution < -0.4 is 20.1 Å². The molecular formula is C16H16Cl2N2O3. The molecule has 2 aromatic carbocycles. The van der Waals surface area contributed by atoms with Crippen molar-refractivity contribution >= 4 is 34.9 Å². The zero-order chi connectivity index (χ0) is 16.7. The molecule has 0 aliphatic carbocycles. The Labute approximate surface area is 144 Å². The predicted octanol–water partition coefficient (Wildman–Crippen LogP) is 4.20. The molecule has 2 N–H and O–H groups in total. The molecule has 0 heterocycles. The number of urea groups is 1. The number of ether oxygens (including phenoxy) is 2. The standard InChI is InChI=1S/C16H16Cl2N2O3/c1-22-13-7-2-3-8-14(13)23-10-9-19-16(21)20-15-11(17)5-4-6-12(15)18/h2-8H,9-10H2,1H3,(H2,19,20,21). The van der Waals surface area contributed by atoms with E-state index in [1.807, 2.05) is 12.1 Å². The van der Waals surface area contributed by atoms with E-state index >= 15 is 0 Å². The van der Waals surface area contributed by atoms with Gasteiger partial charge in [0.05, 0.1) is 29.4 Å². The minimum atomic E-state index is -0.413. The highest BCUT2D eigenvalue weighted by Crippen LogP contribution is 2.29. The number of carbonyl (C=O) groups is 1.